The number of esters is 2. The summed E-state index contributed by atoms with van der Waals surface area (Å²) in [4.78, 5) is 43.2. The molecule has 0 aromatic carbocycles. The highest BCUT2D eigenvalue weighted by Gasteiger charge is 2.44. The van der Waals surface area contributed by atoms with E-state index in [0.717, 1.165) is 38.5 Å². The molecule has 0 aromatic rings. The SMILES string of the molecule is O=C(O)C1CCCCC1C(=O)O.O=C1OC(=O)C2CCCCC12. The smallest absolute Gasteiger partial charge is 0.317 e. The molecule has 0 spiro atoms. The third-order valence-electron chi connectivity index (χ3n) is 4.97. The molecule has 7 heteroatoms. The van der Waals surface area contributed by atoms with Crippen LogP contribution in [0.15, 0.2) is 0 Å². The van der Waals surface area contributed by atoms with Gasteiger partial charge in [0.05, 0.1) is 23.7 Å². The number of fused-ring (bicyclic) bond motifs is 1. The van der Waals surface area contributed by atoms with E-state index in [9.17, 15) is 19.2 Å². The van der Waals surface area contributed by atoms with Crippen LogP contribution in [0.5, 0.6) is 0 Å². The molecule has 0 amide bonds. The Bertz CT molecular complexity index is 455. The fourth-order valence-electron chi connectivity index (χ4n) is 3.67. The van der Waals surface area contributed by atoms with Gasteiger partial charge in [0.2, 0.25) is 0 Å². The van der Waals surface area contributed by atoms with Gasteiger partial charge in [-0.1, -0.05) is 25.7 Å². The van der Waals surface area contributed by atoms with Crippen molar-refractivity contribution < 1.29 is 34.1 Å². The van der Waals surface area contributed by atoms with Crippen LogP contribution in [-0.2, 0) is 23.9 Å². The van der Waals surface area contributed by atoms with Gasteiger partial charge in [-0.25, -0.2) is 0 Å². The molecule has 1 saturated heterocycles. The molecule has 7 nitrogen and oxygen atoms in total. The first-order valence-corrected chi connectivity index (χ1v) is 8.13. The number of carboxylic acid groups (broad SMARTS) is 2. The van der Waals surface area contributed by atoms with Crippen molar-refractivity contribution >= 4 is 23.9 Å². The molecule has 0 radical (unpaired) electrons. The highest BCUT2D eigenvalue weighted by molar-refractivity contribution is 5.96. The van der Waals surface area contributed by atoms with E-state index in [2.05, 4.69) is 4.74 Å². The monoisotopic (exact) mass is 326 g/mol. The van der Waals surface area contributed by atoms with Crippen LogP contribution in [-0.4, -0.2) is 34.1 Å². The lowest BCUT2D eigenvalue weighted by molar-refractivity contribution is -0.155. The highest BCUT2D eigenvalue weighted by atomic mass is 16.6. The van der Waals surface area contributed by atoms with Crippen LogP contribution in [0, 0.1) is 23.7 Å². The standard InChI is InChI=1S/C8H12O4.C8H10O3/c9-7(10)5-3-1-2-4-6(5)8(11)12;9-7-5-3-1-2-4-6(5)8(10)11-7/h5-6H,1-4H2,(H,9,10)(H,11,12);5-6H,1-4H2. The van der Waals surface area contributed by atoms with Crippen molar-refractivity contribution in [1.82, 2.24) is 0 Å². The van der Waals surface area contributed by atoms with Gasteiger partial charge < -0.3 is 14.9 Å². The quantitative estimate of drug-likeness (QED) is 0.587. The topological polar surface area (TPSA) is 118 Å². The molecule has 2 aliphatic carbocycles. The maximum atomic E-state index is 11.0. The molecule has 1 aliphatic heterocycles. The van der Waals surface area contributed by atoms with E-state index in [0.29, 0.717) is 12.8 Å². The van der Waals surface area contributed by atoms with E-state index in [-0.39, 0.29) is 23.8 Å². The number of hydrogen-bond acceptors (Lipinski definition) is 5. The molecule has 23 heavy (non-hydrogen) atoms. The summed E-state index contributed by atoms with van der Waals surface area (Å²) in [5, 5.41) is 17.4. The Labute approximate surface area is 134 Å². The average molecular weight is 326 g/mol. The predicted octanol–water partition coefficient (Wildman–Crippen LogP) is 1.84. The summed E-state index contributed by atoms with van der Waals surface area (Å²) in [5.41, 5.74) is 0. The first kappa shape index (κ1) is 17.4. The summed E-state index contributed by atoms with van der Waals surface area (Å²) < 4.78 is 4.53. The molecule has 2 N–H and O–H groups in total. The van der Waals surface area contributed by atoms with Crippen LogP contribution in [0.3, 0.4) is 0 Å². The zero-order valence-corrected chi connectivity index (χ0v) is 12.9. The van der Waals surface area contributed by atoms with Crippen LogP contribution < -0.4 is 0 Å². The van der Waals surface area contributed by atoms with Crippen LogP contribution >= 0.6 is 0 Å². The predicted molar refractivity (Wildman–Crippen MR) is 77.3 cm³/mol. The molecule has 4 atom stereocenters. The molecular formula is C16H22O7. The second kappa shape index (κ2) is 7.57. The Balaban J connectivity index is 0.000000167. The number of cyclic esters (lactones) is 2. The minimum atomic E-state index is -0.970. The maximum Gasteiger partial charge on any atom is 0.317 e. The van der Waals surface area contributed by atoms with E-state index in [1.54, 1.807) is 0 Å². The molecule has 128 valence electrons. The van der Waals surface area contributed by atoms with Gasteiger partial charge in [-0.05, 0) is 25.7 Å². The van der Waals surface area contributed by atoms with Crippen molar-refractivity contribution in [3.05, 3.63) is 0 Å². The lowest BCUT2D eigenvalue weighted by Gasteiger charge is -2.24. The minimum absolute atomic E-state index is 0.101. The molecule has 0 aromatic heterocycles. The molecule has 4 unspecified atom stereocenters. The van der Waals surface area contributed by atoms with E-state index in [4.69, 9.17) is 10.2 Å². The van der Waals surface area contributed by atoms with Gasteiger partial charge in [0.25, 0.3) is 0 Å². The summed E-state index contributed by atoms with van der Waals surface area (Å²) in [6, 6.07) is 0. The molecule has 3 aliphatic rings. The first-order valence-electron chi connectivity index (χ1n) is 8.13. The van der Waals surface area contributed by atoms with Gasteiger partial charge in [-0.3, -0.25) is 19.2 Å². The number of rotatable bonds is 2. The zero-order chi connectivity index (χ0) is 17.0. The Hall–Kier alpha value is -1.92. The summed E-state index contributed by atoms with van der Waals surface area (Å²) in [5.74, 6) is -4.07. The van der Waals surface area contributed by atoms with Gasteiger partial charge in [0.15, 0.2) is 0 Å². The van der Waals surface area contributed by atoms with Crippen LogP contribution in [0.25, 0.3) is 0 Å². The number of carbonyl (C=O) groups excluding carboxylic acids is 2. The Morgan fingerprint density at radius 3 is 1.43 bits per heavy atom. The number of aliphatic carboxylic acids is 2. The zero-order valence-electron chi connectivity index (χ0n) is 12.9. The largest absolute Gasteiger partial charge is 0.481 e. The van der Waals surface area contributed by atoms with Gasteiger partial charge in [-0.15, -0.1) is 0 Å². The maximum absolute atomic E-state index is 11.0. The third kappa shape index (κ3) is 4.09. The van der Waals surface area contributed by atoms with Crippen molar-refractivity contribution in [2.24, 2.45) is 23.7 Å². The molecular weight excluding hydrogens is 304 g/mol. The molecule has 3 fully saturated rings. The van der Waals surface area contributed by atoms with Gasteiger partial charge >= 0.3 is 23.9 Å². The van der Waals surface area contributed by atoms with Crippen LogP contribution in [0.4, 0.5) is 0 Å². The number of ether oxygens (including phenoxy) is 1. The van der Waals surface area contributed by atoms with Crippen molar-refractivity contribution in [1.29, 1.82) is 0 Å². The number of carbonyl (C=O) groups is 4. The van der Waals surface area contributed by atoms with Gasteiger partial charge in [-0.2, -0.15) is 0 Å². The summed E-state index contributed by atoms with van der Waals surface area (Å²) in [6.45, 7) is 0. The fourth-order valence-corrected chi connectivity index (χ4v) is 3.67. The lowest BCUT2D eigenvalue weighted by Crippen LogP contribution is -2.32. The van der Waals surface area contributed by atoms with Crippen LogP contribution in [0.1, 0.15) is 51.4 Å². The third-order valence-corrected chi connectivity index (χ3v) is 4.97. The second-order valence-corrected chi connectivity index (χ2v) is 6.41. The van der Waals surface area contributed by atoms with Crippen molar-refractivity contribution in [2.75, 3.05) is 0 Å². The van der Waals surface area contributed by atoms with Crippen molar-refractivity contribution in [3.8, 4) is 0 Å². The molecule has 2 saturated carbocycles. The fraction of sp³-hybridized carbons (Fsp3) is 0.750. The molecule has 3 rings (SSSR count). The van der Waals surface area contributed by atoms with Crippen LogP contribution in [0.2, 0.25) is 0 Å². The van der Waals surface area contributed by atoms with Crippen molar-refractivity contribution in [2.45, 2.75) is 51.4 Å². The van der Waals surface area contributed by atoms with Gasteiger partial charge in [0.1, 0.15) is 0 Å². The van der Waals surface area contributed by atoms with E-state index < -0.39 is 23.8 Å². The van der Waals surface area contributed by atoms with Gasteiger partial charge in [0, 0.05) is 0 Å². The minimum Gasteiger partial charge on any atom is -0.481 e. The summed E-state index contributed by atoms with van der Waals surface area (Å²) >= 11 is 0. The lowest BCUT2D eigenvalue weighted by atomic mass is 9.79. The first-order chi connectivity index (χ1) is 10.9. The van der Waals surface area contributed by atoms with Crippen molar-refractivity contribution in [3.63, 3.8) is 0 Å². The highest BCUT2D eigenvalue weighted by Crippen LogP contribution is 2.36. The molecule has 0 bridgehead atoms. The van der Waals surface area contributed by atoms with E-state index in [1.165, 1.54) is 0 Å². The Kier molecular flexibility index (Phi) is 5.74. The summed E-state index contributed by atoms with van der Waals surface area (Å²) in [6.07, 6.45) is 6.48. The summed E-state index contributed by atoms with van der Waals surface area (Å²) in [7, 11) is 0. The molecule has 1 heterocycles. The Morgan fingerprint density at radius 1 is 0.739 bits per heavy atom. The Morgan fingerprint density at radius 2 is 1.09 bits per heavy atom. The number of carboxylic acids is 2. The van der Waals surface area contributed by atoms with E-state index in [1.807, 2.05) is 0 Å². The second-order valence-electron chi connectivity index (χ2n) is 6.41. The van der Waals surface area contributed by atoms with E-state index >= 15 is 0 Å². The normalized spacial score (nSPS) is 33.0. The average Bonchev–Trinajstić information content (AvgIpc) is 2.83. The number of hydrogen-bond donors (Lipinski definition) is 2.